The van der Waals surface area contributed by atoms with E-state index in [1.165, 1.54) is 7.11 Å². The van der Waals surface area contributed by atoms with E-state index in [0.717, 1.165) is 5.56 Å². The van der Waals surface area contributed by atoms with Crippen molar-refractivity contribution in [2.24, 2.45) is 0 Å². The third-order valence-electron chi connectivity index (χ3n) is 3.23. The summed E-state index contributed by atoms with van der Waals surface area (Å²) in [5.41, 5.74) is 3.13. The summed E-state index contributed by atoms with van der Waals surface area (Å²) in [6.45, 7) is 3.63. The molecular weight excluding hydrogens is 636 g/mol. The van der Waals surface area contributed by atoms with Crippen molar-refractivity contribution < 1.29 is 145 Å². The second-order valence-electron chi connectivity index (χ2n) is 4.71. The van der Waals surface area contributed by atoms with Crippen molar-refractivity contribution in [1.29, 1.82) is 0 Å². The summed E-state index contributed by atoms with van der Waals surface area (Å²) in [6, 6.07) is 14.3. The molecule has 2 N–H and O–H groups in total. The predicted octanol–water partition coefficient (Wildman–Crippen LogP) is 3.32. The molecule has 0 saturated heterocycles. The molecule has 0 unspecified atom stereocenters. The third-order valence-corrected chi connectivity index (χ3v) is 3.23. The Hall–Kier alpha value is 1.60. The summed E-state index contributed by atoms with van der Waals surface area (Å²) in [5.74, 6) is -0.267. The van der Waals surface area contributed by atoms with Crippen LogP contribution in [0.15, 0.2) is 30.3 Å². The second-order valence-corrected chi connectivity index (χ2v) is 4.71. The molecule has 0 saturated carbocycles. The molecule has 0 bridgehead atoms. The smallest absolute Gasteiger partial charge is 0.411 e. The number of methoxy groups -OCH3 is 1. The second kappa shape index (κ2) is 16.4. The monoisotopic (exact) mass is 652 g/mol. The first kappa shape index (κ1) is 32.3. The Morgan fingerprint density at radius 3 is 2.27 bits per heavy atom. The van der Waals surface area contributed by atoms with Gasteiger partial charge in [0, 0.05) is 142 Å². The normalized spacial score (nSPS) is 8.42. The Labute approximate surface area is 254 Å². The van der Waals surface area contributed by atoms with Crippen molar-refractivity contribution in [3.8, 4) is 0 Å². The fraction of sp³-hybridized carbons (Fsp3) is 0.176. The van der Waals surface area contributed by atoms with Gasteiger partial charge in [-0.25, -0.2) is 4.79 Å². The standard InChI is InChI=1S/C17H16N2O3.4Y/c1-11-7-4-5-9-14(11)18-16(20)13-8-6-10-15(12(13)2)19-17(21)22-3;;;;/h5-8,10H,1-3H3,(H,18,20)(H,19,21);;;;/q-2;;;;. The average molecular weight is 652 g/mol. The zero-order valence-electron chi connectivity index (χ0n) is 14.9. The quantitative estimate of drug-likeness (QED) is 0.501. The number of rotatable bonds is 3. The van der Waals surface area contributed by atoms with Crippen LogP contribution in [0, 0.1) is 26.0 Å². The van der Waals surface area contributed by atoms with Crippen molar-refractivity contribution in [3.05, 3.63) is 59.2 Å². The first-order valence-electron chi connectivity index (χ1n) is 6.67. The molecule has 2 aromatic rings. The topological polar surface area (TPSA) is 67.4 Å². The van der Waals surface area contributed by atoms with E-state index in [0.29, 0.717) is 22.5 Å². The molecule has 2 aromatic carbocycles. The number of anilines is 2. The number of ether oxygens (including phenoxy) is 1. The molecule has 0 aliphatic carbocycles. The minimum atomic E-state index is -0.580. The maximum atomic E-state index is 12.4. The number of amides is 2. The molecule has 0 aliphatic heterocycles. The van der Waals surface area contributed by atoms with Crippen LogP contribution in [0.4, 0.5) is 16.2 Å². The van der Waals surface area contributed by atoms with E-state index in [9.17, 15) is 9.59 Å². The minimum absolute atomic E-state index is 0. The van der Waals surface area contributed by atoms with Gasteiger partial charge in [0.15, 0.2) is 0 Å². The summed E-state index contributed by atoms with van der Waals surface area (Å²) < 4.78 is 4.56. The molecule has 0 atom stereocenters. The SMILES string of the molecule is COC(=O)Nc1cccc(C(=O)Nc2[c-]c[c-]cc2C)c1C.[Y].[Y].[Y].[Y]. The molecule has 0 aliphatic rings. The third kappa shape index (κ3) is 9.40. The Balaban J connectivity index is -0.00000132. The van der Waals surface area contributed by atoms with Crippen LogP contribution in [0.2, 0.25) is 0 Å². The summed E-state index contributed by atoms with van der Waals surface area (Å²) in [7, 11) is 1.28. The molecule has 2 amide bonds. The number of carbonyl (C=O) groups is 2. The first-order chi connectivity index (χ1) is 10.5. The Morgan fingerprint density at radius 1 is 1.04 bits per heavy atom. The molecule has 126 valence electrons. The van der Waals surface area contributed by atoms with Crippen molar-refractivity contribution in [1.82, 2.24) is 0 Å². The van der Waals surface area contributed by atoms with Gasteiger partial charge in [0.2, 0.25) is 0 Å². The number of nitrogens with one attached hydrogen (secondary N) is 2. The van der Waals surface area contributed by atoms with E-state index < -0.39 is 6.09 Å². The molecular formula is C17H16N2O3Y4-2. The maximum Gasteiger partial charge on any atom is 0.411 e. The summed E-state index contributed by atoms with van der Waals surface area (Å²) in [4.78, 5) is 23.7. The van der Waals surface area contributed by atoms with Crippen LogP contribution in [0.1, 0.15) is 21.5 Å². The fourth-order valence-electron chi connectivity index (χ4n) is 1.96. The zero-order chi connectivity index (χ0) is 16.1. The van der Waals surface area contributed by atoms with Crippen molar-refractivity contribution in [3.63, 3.8) is 0 Å². The van der Waals surface area contributed by atoms with E-state index in [-0.39, 0.29) is 137 Å². The summed E-state index contributed by atoms with van der Waals surface area (Å²) in [6.07, 6.45) is -0.580. The number of benzene rings is 2. The van der Waals surface area contributed by atoms with Crippen LogP contribution in [-0.4, -0.2) is 19.1 Å². The molecule has 4 radical (unpaired) electrons. The Bertz CT molecular complexity index is 727. The summed E-state index contributed by atoms with van der Waals surface area (Å²) in [5, 5.41) is 5.38. The number of aryl methyl sites for hydroxylation is 1. The molecule has 2 rings (SSSR count). The molecule has 0 aromatic heterocycles. The molecule has 9 heteroatoms. The van der Waals surface area contributed by atoms with Gasteiger partial charge in [-0.1, -0.05) is 6.07 Å². The Kier molecular flexibility index (Phi) is 20.4. The van der Waals surface area contributed by atoms with Crippen LogP contribution >= 0.6 is 0 Å². The van der Waals surface area contributed by atoms with Gasteiger partial charge >= 0.3 is 6.09 Å². The van der Waals surface area contributed by atoms with Gasteiger partial charge in [-0.05, 0) is 24.6 Å². The zero-order valence-corrected chi connectivity index (χ0v) is 26.3. The van der Waals surface area contributed by atoms with Gasteiger partial charge in [0.1, 0.15) is 0 Å². The van der Waals surface area contributed by atoms with E-state index in [2.05, 4.69) is 27.5 Å². The van der Waals surface area contributed by atoms with Crippen molar-refractivity contribution >= 4 is 23.4 Å². The minimum Gasteiger partial charge on any atom is -0.453 e. The van der Waals surface area contributed by atoms with Gasteiger partial charge in [0.05, 0.1) is 7.11 Å². The largest absolute Gasteiger partial charge is 0.453 e. The van der Waals surface area contributed by atoms with E-state index in [1.54, 1.807) is 37.3 Å². The maximum absolute atomic E-state index is 12.4. The van der Waals surface area contributed by atoms with Crippen LogP contribution in [0.25, 0.3) is 0 Å². The van der Waals surface area contributed by atoms with Gasteiger partial charge in [-0.2, -0.15) is 5.69 Å². The van der Waals surface area contributed by atoms with Crippen LogP contribution in [0.3, 0.4) is 0 Å². The van der Waals surface area contributed by atoms with Gasteiger partial charge in [-0.15, -0.1) is 6.92 Å². The van der Waals surface area contributed by atoms with E-state index >= 15 is 0 Å². The average Bonchev–Trinajstić information content (AvgIpc) is 2.51. The summed E-state index contributed by atoms with van der Waals surface area (Å²) >= 11 is 0. The molecule has 0 spiro atoms. The van der Waals surface area contributed by atoms with Crippen LogP contribution < -0.4 is 10.6 Å². The van der Waals surface area contributed by atoms with Gasteiger partial charge in [-0.3, -0.25) is 21.7 Å². The van der Waals surface area contributed by atoms with Crippen molar-refractivity contribution in [2.75, 3.05) is 17.7 Å². The van der Waals surface area contributed by atoms with Crippen molar-refractivity contribution in [2.45, 2.75) is 13.8 Å². The Morgan fingerprint density at radius 2 is 1.69 bits per heavy atom. The van der Waals surface area contributed by atoms with Gasteiger partial charge < -0.3 is 28.3 Å². The number of hydrogen-bond acceptors (Lipinski definition) is 3. The van der Waals surface area contributed by atoms with Crippen LogP contribution in [-0.2, 0) is 136 Å². The number of hydrogen-bond donors (Lipinski definition) is 2. The van der Waals surface area contributed by atoms with E-state index in [4.69, 9.17) is 0 Å². The van der Waals surface area contributed by atoms with Gasteiger partial charge in [0.25, 0.3) is 5.91 Å². The molecule has 5 nitrogen and oxygen atoms in total. The fourth-order valence-corrected chi connectivity index (χ4v) is 1.96. The molecule has 26 heavy (non-hydrogen) atoms. The molecule has 0 heterocycles. The van der Waals surface area contributed by atoms with E-state index in [1.807, 2.05) is 6.92 Å². The predicted molar refractivity (Wildman–Crippen MR) is 84.0 cm³/mol. The first-order valence-corrected chi connectivity index (χ1v) is 6.67. The molecule has 0 fully saturated rings. The number of carbonyl (C=O) groups excluding carboxylic acids is 2. The van der Waals surface area contributed by atoms with Crippen LogP contribution in [0.5, 0.6) is 0 Å².